The third-order valence-corrected chi connectivity index (χ3v) is 5.67. The van der Waals surface area contributed by atoms with Gasteiger partial charge in [0.2, 0.25) is 5.95 Å². The molecule has 7 nitrogen and oxygen atoms in total. The molecule has 3 aromatic rings. The number of hydrogen-bond acceptors (Lipinski definition) is 7. The molecule has 0 aliphatic carbocycles. The molecule has 2 aromatic heterocycles. The Hall–Kier alpha value is -2.32. The smallest absolute Gasteiger partial charge is 0.336 e. The maximum atomic E-state index is 11.9. The molecule has 1 aliphatic rings. The predicted octanol–water partition coefficient (Wildman–Crippen LogP) is 2.84. The molecule has 0 bridgehead atoms. The Balaban J connectivity index is 1.60. The topological polar surface area (TPSA) is 73.4 Å². The van der Waals surface area contributed by atoms with E-state index >= 15 is 0 Å². The summed E-state index contributed by atoms with van der Waals surface area (Å²) in [6, 6.07) is 7.50. The van der Waals surface area contributed by atoms with E-state index in [1.807, 2.05) is 25.1 Å². The Bertz CT molecular complexity index is 1010. The molecule has 1 saturated heterocycles. The maximum absolute atomic E-state index is 11.9. The first-order valence-electron chi connectivity index (χ1n) is 9.08. The summed E-state index contributed by atoms with van der Waals surface area (Å²) in [6.45, 7) is 7.94. The number of nitrogens with zero attached hydrogens (tertiary/aromatic N) is 4. The van der Waals surface area contributed by atoms with Gasteiger partial charge in [0.1, 0.15) is 5.58 Å². The van der Waals surface area contributed by atoms with Gasteiger partial charge in [-0.25, -0.2) is 4.79 Å². The van der Waals surface area contributed by atoms with Gasteiger partial charge >= 0.3 is 5.63 Å². The molecule has 0 amide bonds. The molecule has 3 heterocycles. The van der Waals surface area contributed by atoms with Crippen molar-refractivity contribution >= 4 is 28.7 Å². The van der Waals surface area contributed by atoms with Gasteiger partial charge in [-0.05, 0) is 31.0 Å². The number of morpholine rings is 1. The maximum Gasteiger partial charge on any atom is 0.336 e. The van der Waals surface area contributed by atoms with Crippen molar-refractivity contribution in [2.75, 3.05) is 31.2 Å². The molecular formula is C19H22N4O3S. The third kappa shape index (κ3) is 3.72. The van der Waals surface area contributed by atoms with Crippen LogP contribution >= 0.6 is 11.8 Å². The van der Waals surface area contributed by atoms with Crippen molar-refractivity contribution in [2.24, 2.45) is 0 Å². The largest absolute Gasteiger partial charge is 0.423 e. The van der Waals surface area contributed by atoms with Crippen LogP contribution in [0.5, 0.6) is 0 Å². The molecule has 1 aromatic carbocycles. The van der Waals surface area contributed by atoms with Crippen molar-refractivity contribution in [3.05, 3.63) is 45.8 Å². The van der Waals surface area contributed by atoms with E-state index in [4.69, 9.17) is 9.15 Å². The summed E-state index contributed by atoms with van der Waals surface area (Å²) in [5.41, 5.74) is 2.32. The quantitative estimate of drug-likeness (QED) is 0.493. The summed E-state index contributed by atoms with van der Waals surface area (Å²) < 4.78 is 12.9. The second kappa shape index (κ2) is 7.74. The summed E-state index contributed by atoms with van der Waals surface area (Å²) in [5, 5.41) is 10.6. The average Bonchev–Trinajstić information content (AvgIpc) is 3.09. The van der Waals surface area contributed by atoms with E-state index in [0.717, 1.165) is 47.3 Å². The molecule has 0 spiro atoms. The Labute approximate surface area is 161 Å². The van der Waals surface area contributed by atoms with Crippen LogP contribution in [-0.2, 0) is 17.0 Å². The van der Waals surface area contributed by atoms with Gasteiger partial charge in [-0.2, -0.15) is 0 Å². The van der Waals surface area contributed by atoms with Gasteiger partial charge < -0.3 is 14.1 Å². The van der Waals surface area contributed by atoms with Crippen LogP contribution < -0.4 is 10.5 Å². The van der Waals surface area contributed by atoms with Gasteiger partial charge in [0.05, 0.1) is 13.2 Å². The zero-order valence-corrected chi connectivity index (χ0v) is 16.3. The van der Waals surface area contributed by atoms with Crippen LogP contribution in [0, 0.1) is 6.92 Å². The highest BCUT2D eigenvalue weighted by molar-refractivity contribution is 7.98. The number of thioether (sulfide) groups is 1. The molecule has 0 radical (unpaired) electrons. The van der Waals surface area contributed by atoms with Crippen LogP contribution in [0.15, 0.2) is 38.6 Å². The minimum absolute atomic E-state index is 0.324. The number of aryl methyl sites for hydroxylation is 1. The lowest BCUT2D eigenvalue weighted by molar-refractivity contribution is 0.121. The zero-order valence-electron chi connectivity index (χ0n) is 15.5. The van der Waals surface area contributed by atoms with Crippen molar-refractivity contribution in [1.29, 1.82) is 0 Å². The zero-order chi connectivity index (χ0) is 18.8. The molecule has 0 unspecified atom stereocenters. The first kappa shape index (κ1) is 18.1. The van der Waals surface area contributed by atoms with E-state index in [9.17, 15) is 4.79 Å². The molecule has 4 rings (SSSR count). The van der Waals surface area contributed by atoms with Gasteiger partial charge in [-0.3, -0.25) is 4.57 Å². The van der Waals surface area contributed by atoms with Gasteiger partial charge in [0, 0.05) is 36.8 Å². The van der Waals surface area contributed by atoms with E-state index in [1.54, 1.807) is 17.8 Å². The molecule has 0 atom stereocenters. The van der Waals surface area contributed by atoms with Crippen LogP contribution in [-0.4, -0.2) is 41.1 Å². The standard InChI is InChI=1S/C19H22N4O3S/c1-3-23-18(22-6-8-25-9-7-22)20-21-19(23)27-12-14-11-17(24)26-16-10-13(2)4-5-15(14)16/h4-5,10-11H,3,6-9,12H2,1-2H3. The average molecular weight is 386 g/mol. The van der Waals surface area contributed by atoms with Crippen LogP contribution in [0.1, 0.15) is 18.1 Å². The first-order valence-corrected chi connectivity index (χ1v) is 10.1. The van der Waals surface area contributed by atoms with Gasteiger partial charge in [0.25, 0.3) is 0 Å². The highest BCUT2D eigenvalue weighted by atomic mass is 32.2. The van der Waals surface area contributed by atoms with Crippen molar-refractivity contribution in [3.63, 3.8) is 0 Å². The fourth-order valence-corrected chi connectivity index (χ4v) is 4.25. The Kier molecular flexibility index (Phi) is 5.18. The Morgan fingerprint density at radius 3 is 2.78 bits per heavy atom. The summed E-state index contributed by atoms with van der Waals surface area (Å²) >= 11 is 1.59. The van der Waals surface area contributed by atoms with E-state index < -0.39 is 0 Å². The van der Waals surface area contributed by atoms with Gasteiger partial charge in [0.15, 0.2) is 5.16 Å². The molecule has 27 heavy (non-hydrogen) atoms. The Morgan fingerprint density at radius 2 is 2.00 bits per heavy atom. The van der Waals surface area contributed by atoms with Crippen LogP contribution in [0.4, 0.5) is 5.95 Å². The number of ether oxygens (including phenoxy) is 1. The molecule has 142 valence electrons. The number of hydrogen-bond donors (Lipinski definition) is 0. The molecule has 0 N–H and O–H groups in total. The normalized spacial score (nSPS) is 14.8. The van der Waals surface area contributed by atoms with Crippen molar-refractivity contribution in [1.82, 2.24) is 14.8 Å². The molecule has 0 saturated carbocycles. The van der Waals surface area contributed by atoms with E-state index in [-0.39, 0.29) is 5.63 Å². The summed E-state index contributed by atoms with van der Waals surface area (Å²) in [5.74, 6) is 1.52. The number of fused-ring (bicyclic) bond motifs is 1. The van der Waals surface area contributed by atoms with Gasteiger partial charge in [-0.15, -0.1) is 10.2 Å². The monoisotopic (exact) mass is 386 g/mol. The van der Waals surface area contributed by atoms with Crippen molar-refractivity contribution in [3.8, 4) is 0 Å². The highest BCUT2D eigenvalue weighted by Gasteiger charge is 2.20. The van der Waals surface area contributed by atoms with Crippen molar-refractivity contribution in [2.45, 2.75) is 31.3 Å². The minimum atomic E-state index is -0.324. The summed E-state index contributed by atoms with van der Waals surface area (Å²) in [6.07, 6.45) is 0. The fourth-order valence-electron chi connectivity index (χ4n) is 3.26. The van der Waals surface area contributed by atoms with Gasteiger partial charge in [-0.1, -0.05) is 23.9 Å². The number of rotatable bonds is 5. The number of aromatic nitrogens is 3. The highest BCUT2D eigenvalue weighted by Crippen LogP contribution is 2.28. The lowest BCUT2D eigenvalue weighted by Crippen LogP contribution is -2.38. The lowest BCUT2D eigenvalue weighted by atomic mass is 10.1. The number of benzene rings is 1. The van der Waals surface area contributed by atoms with Crippen molar-refractivity contribution < 1.29 is 9.15 Å². The van der Waals surface area contributed by atoms with E-state index in [2.05, 4.69) is 26.6 Å². The SMILES string of the molecule is CCn1c(SCc2cc(=O)oc3cc(C)ccc23)nnc1N1CCOCC1. The molecule has 1 aliphatic heterocycles. The second-order valence-corrected chi connectivity index (χ2v) is 7.45. The van der Waals surface area contributed by atoms with E-state index in [0.29, 0.717) is 24.5 Å². The Morgan fingerprint density at radius 1 is 1.19 bits per heavy atom. The fraction of sp³-hybridized carbons (Fsp3) is 0.421. The summed E-state index contributed by atoms with van der Waals surface area (Å²) in [4.78, 5) is 14.1. The van der Waals surface area contributed by atoms with Crippen LogP contribution in [0.25, 0.3) is 11.0 Å². The number of anilines is 1. The molecule has 1 fully saturated rings. The molecular weight excluding hydrogens is 364 g/mol. The lowest BCUT2D eigenvalue weighted by Gasteiger charge is -2.27. The third-order valence-electron chi connectivity index (χ3n) is 4.65. The predicted molar refractivity (Wildman–Crippen MR) is 106 cm³/mol. The van der Waals surface area contributed by atoms with Crippen LogP contribution in [0.3, 0.4) is 0 Å². The first-order chi connectivity index (χ1) is 13.2. The molecule has 8 heteroatoms. The minimum Gasteiger partial charge on any atom is -0.423 e. The second-order valence-electron chi connectivity index (χ2n) is 6.51. The summed E-state index contributed by atoms with van der Waals surface area (Å²) in [7, 11) is 0. The van der Waals surface area contributed by atoms with E-state index in [1.165, 1.54) is 0 Å². The van der Waals surface area contributed by atoms with Crippen LogP contribution in [0.2, 0.25) is 0 Å².